The molecule has 0 radical (unpaired) electrons. The van der Waals surface area contributed by atoms with Gasteiger partial charge in [0.15, 0.2) is 0 Å². The van der Waals surface area contributed by atoms with E-state index in [0.29, 0.717) is 0 Å². The lowest BCUT2D eigenvalue weighted by Gasteiger charge is -2.26. The number of hydrogen-bond acceptors (Lipinski definition) is 0. The molecule has 10 aromatic rings. The highest BCUT2D eigenvalue weighted by Gasteiger charge is 2.38. The minimum atomic E-state index is -0.150. The van der Waals surface area contributed by atoms with E-state index in [-0.39, 0.29) is 5.41 Å². The molecule has 0 heteroatoms. The van der Waals surface area contributed by atoms with Crippen LogP contribution in [0.4, 0.5) is 0 Å². The van der Waals surface area contributed by atoms with Crippen molar-refractivity contribution in [2.24, 2.45) is 0 Å². The van der Waals surface area contributed by atoms with Crippen LogP contribution in [0.3, 0.4) is 0 Å². The largest absolute Gasteiger partial charge is 0.0616 e. The third-order valence-corrected chi connectivity index (χ3v) is 12.0. The summed E-state index contributed by atoms with van der Waals surface area (Å²) in [5.74, 6) is 0. The van der Waals surface area contributed by atoms with Gasteiger partial charge in [0.2, 0.25) is 0 Å². The van der Waals surface area contributed by atoms with E-state index in [1.165, 1.54) is 109 Å². The highest BCUT2D eigenvalue weighted by molar-refractivity contribution is 6.25. The quantitative estimate of drug-likeness (QED) is 0.129. The Bertz CT molecular complexity index is 3080. The molecule has 0 saturated heterocycles. The van der Waals surface area contributed by atoms with E-state index in [1.807, 2.05) is 0 Å². The van der Waals surface area contributed by atoms with Crippen molar-refractivity contribution >= 4 is 53.9 Å². The van der Waals surface area contributed by atoms with Gasteiger partial charge in [-0.15, -0.1) is 0 Å². The lowest BCUT2D eigenvalue weighted by molar-refractivity contribution is 0.668. The molecule has 0 spiro atoms. The van der Waals surface area contributed by atoms with Gasteiger partial charge in [-0.25, -0.2) is 0 Å². The maximum atomic E-state index is 2.44. The molecule has 11 rings (SSSR count). The second-order valence-electron chi connectivity index (χ2n) is 15.2. The van der Waals surface area contributed by atoms with Gasteiger partial charge in [-0.05, 0) is 116 Å². The van der Waals surface area contributed by atoms with Gasteiger partial charge < -0.3 is 0 Å². The molecule has 1 aliphatic carbocycles. The van der Waals surface area contributed by atoms with Gasteiger partial charge in [-0.1, -0.05) is 190 Å². The van der Waals surface area contributed by atoms with Crippen LogP contribution in [0.2, 0.25) is 0 Å². The summed E-state index contributed by atoms with van der Waals surface area (Å²) >= 11 is 0. The summed E-state index contributed by atoms with van der Waals surface area (Å²) in [6, 6.07) is 67.8. The highest BCUT2D eigenvalue weighted by Crippen LogP contribution is 2.55. The fourth-order valence-corrected chi connectivity index (χ4v) is 9.82. The molecule has 1 aliphatic rings. The van der Waals surface area contributed by atoms with E-state index in [2.05, 4.69) is 196 Å². The molecule has 0 N–H and O–H groups in total. The molecule has 0 aromatic heterocycles. The maximum absolute atomic E-state index is 2.44. The standard InChI is InChI=1S/C53H36/c1-53(2)51-38-19-6-4-15-34(38)29-31-48(51)47-27-12-24-39(52(47)53)35-16-11-17-36(32-35)49-43-20-7-9-22-45(43)50(46-23-10-8-21-44(46)49)42-26-13-25-40-37-18-5-3-14-33(37)28-30-41(40)42/h3-32H,1-2H3. The van der Waals surface area contributed by atoms with Gasteiger partial charge in [0, 0.05) is 5.41 Å². The zero-order chi connectivity index (χ0) is 35.3. The van der Waals surface area contributed by atoms with Crippen LogP contribution in [-0.2, 0) is 5.41 Å². The van der Waals surface area contributed by atoms with Gasteiger partial charge in [0.05, 0.1) is 0 Å². The van der Waals surface area contributed by atoms with Crippen molar-refractivity contribution in [3.8, 4) is 44.5 Å². The number of rotatable bonds is 3. The van der Waals surface area contributed by atoms with E-state index in [1.54, 1.807) is 0 Å². The average Bonchev–Trinajstić information content (AvgIpc) is 3.46. The van der Waals surface area contributed by atoms with Crippen LogP contribution in [0.5, 0.6) is 0 Å². The minimum absolute atomic E-state index is 0.150. The first kappa shape index (κ1) is 30.2. The smallest absolute Gasteiger partial charge is 0.0171 e. The van der Waals surface area contributed by atoms with Crippen LogP contribution < -0.4 is 0 Å². The van der Waals surface area contributed by atoms with E-state index in [4.69, 9.17) is 0 Å². The van der Waals surface area contributed by atoms with Gasteiger partial charge in [-0.2, -0.15) is 0 Å². The van der Waals surface area contributed by atoms with Crippen LogP contribution in [0.15, 0.2) is 182 Å². The predicted octanol–water partition coefficient (Wildman–Crippen LogP) is 14.8. The first-order valence-corrected chi connectivity index (χ1v) is 18.7. The Hall–Kier alpha value is -6.50. The summed E-state index contributed by atoms with van der Waals surface area (Å²) in [5.41, 5.74) is 13.1. The summed E-state index contributed by atoms with van der Waals surface area (Å²) in [6.07, 6.45) is 0. The summed E-state index contributed by atoms with van der Waals surface area (Å²) < 4.78 is 0. The average molecular weight is 673 g/mol. The number of fused-ring (bicyclic) bond motifs is 10. The number of hydrogen-bond donors (Lipinski definition) is 0. The molecule has 0 saturated carbocycles. The van der Waals surface area contributed by atoms with Crippen molar-refractivity contribution in [3.05, 3.63) is 193 Å². The minimum Gasteiger partial charge on any atom is -0.0616 e. The fourth-order valence-electron chi connectivity index (χ4n) is 9.82. The summed E-state index contributed by atoms with van der Waals surface area (Å²) in [6.45, 7) is 4.82. The van der Waals surface area contributed by atoms with E-state index in [0.717, 1.165) is 0 Å². The predicted molar refractivity (Wildman–Crippen MR) is 228 cm³/mol. The summed E-state index contributed by atoms with van der Waals surface area (Å²) in [7, 11) is 0. The molecule has 0 nitrogen and oxygen atoms in total. The van der Waals surface area contributed by atoms with Gasteiger partial charge in [-0.3, -0.25) is 0 Å². The normalized spacial score (nSPS) is 13.2. The second kappa shape index (κ2) is 11.2. The zero-order valence-electron chi connectivity index (χ0n) is 29.8. The van der Waals surface area contributed by atoms with Crippen LogP contribution in [-0.4, -0.2) is 0 Å². The lowest BCUT2D eigenvalue weighted by atomic mass is 9.77. The van der Waals surface area contributed by atoms with Gasteiger partial charge in [0.25, 0.3) is 0 Å². The Balaban J connectivity index is 1.15. The number of benzene rings is 10. The van der Waals surface area contributed by atoms with Crippen LogP contribution in [0, 0.1) is 0 Å². The maximum Gasteiger partial charge on any atom is 0.0171 e. The van der Waals surface area contributed by atoms with Crippen molar-refractivity contribution in [2.45, 2.75) is 19.3 Å². The first-order valence-electron chi connectivity index (χ1n) is 18.7. The molecule has 53 heavy (non-hydrogen) atoms. The highest BCUT2D eigenvalue weighted by atomic mass is 14.4. The van der Waals surface area contributed by atoms with Crippen LogP contribution in [0.1, 0.15) is 25.0 Å². The van der Waals surface area contributed by atoms with Crippen LogP contribution in [0.25, 0.3) is 98.4 Å². The molecule has 0 atom stereocenters. The van der Waals surface area contributed by atoms with Crippen molar-refractivity contribution in [1.29, 1.82) is 0 Å². The molecule has 10 aromatic carbocycles. The molecular formula is C53H36. The Morgan fingerprint density at radius 3 is 1.51 bits per heavy atom. The first-order chi connectivity index (χ1) is 26.1. The molecule has 0 unspecified atom stereocenters. The van der Waals surface area contributed by atoms with Crippen LogP contribution >= 0.6 is 0 Å². The van der Waals surface area contributed by atoms with Crippen molar-refractivity contribution in [1.82, 2.24) is 0 Å². The molecule has 0 fully saturated rings. The topological polar surface area (TPSA) is 0 Å². The van der Waals surface area contributed by atoms with Crippen molar-refractivity contribution < 1.29 is 0 Å². The second-order valence-corrected chi connectivity index (χ2v) is 15.2. The summed E-state index contributed by atoms with van der Waals surface area (Å²) in [4.78, 5) is 0. The molecule has 0 heterocycles. The van der Waals surface area contributed by atoms with Gasteiger partial charge in [0.1, 0.15) is 0 Å². The van der Waals surface area contributed by atoms with E-state index < -0.39 is 0 Å². The van der Waals surface area contributed by atoms with Crippen molar-refractivity contribution in [2.75, 3.05) is 0 Å². The Kier molecular flexibility index (Phi) is 6.40. The SMILES string of the molecule is CC1(C)c2c(-c3cccc(-c4c5ccccc5c(-c5cccc6c5ccc5ccccc56)c5ccccc45)c3)cccc2-c2ccc3ccccc3c21. The molecule has 248 valence electrons. The monoisotopic (exact) mass is 672 g/mol. The molecule has 0 aliphatic heterocycles. The lowest BCUT2D eigenvalue weighted by Crippen LogP contribution is -2.16. The van der Waals surface area contributed by atoms with Crippen molar-refractivity contribution in [3.63, 3.8) is 0 Å². The Morgan fingerprint density at radius 2 is 0.774 bits per heavy atom. The summed E-state index contributed by atoms with van der Waals surface area (Å²) in [5, 5.41) is 12.9. The van der Waals surface area contributed by atoms with E-state index in [9.17, 15) is 0 Å². The zero-order valence-corrected chi connectivity index (χ0v) is 29.8. The Labute approximate surface area is 309 Å². The molecule has 0 bridgehead atoms. The van der Waals surface area contributed by atoms with E-state index >= 15 is 0 Å². The molecule has 0 amide bonds. The van der Waals surface area contributed by atoms with Gasteiger partial charge >= 0.3 is 0 Å². The third-order valence-electron chi connectivity index (χ3n) is 12.0. The third kappa shape index (κ3) is 4.30. The molecular weight excluding hydrogens is 637 g/mol. The fraction of sp³-hybridized carbons (Fsp3) is 0.0566. The Morgan fingerprint density at radius 1 is 0.283 bits per heavy atom.